The van der Waals surface area contributed by atoms with E-state index in [1.807, 2.05) is 6.20 Å². The van der Waals surface area contributed by atoms with Crippen LogP contribution >= 0.6 is 0 Å². The Morgan fingerprint density at radius 1 is 0.833 bits per heavy atom. The Bertz CT molecular complexity index is 2540. The molecule has 0 spiro atoms. The minimum absolute atomic E-state index is 0. The Balaban J connectivity index is 0.000000223. The summed E-state index contributed by atoms with van der Waals surface area (Å²) in [6, 6.07) is 29.1. The van der Waals surface area contributed by atoms with Gasteiger partial charge < -0.3 is 9.40 Å². The van der Waals surface area contributed by atoms with Gasteiger partial charge in [0, 0.05) is 61.3 Å². The summed E-state index contributed by atoms with van der Waals surface area (Å²) in [4.78, 5) is 8.85. The first-order valence-corrected chi connectivity index (χ1v) is 15.8. The van der Waals surface area contributed by atoms with E-state index in [-0.39, 0.29) is 47.9 Å². The van der Waals surface area contributed by atoms with E-state index in [0.29, 0.717) is 11.5 Å². The van der Waals surface area contributed by atoms with Crippen LogP contribution in [0.5, 0.6) is 0 Å². The van der Waals surface area contributed by atoms with Crippen molar-refractivity contribution in [2.45, 2.75) is 73.9 Å². The van der Waals surface area contributed by atoms with Gasteiger partial charge in [-0.25, -0.2) is 0 Å². The van der Waals surface area contributed by atoms with Gasteiger partial charge in [-0.2, -0.15) is 0 Å². The molecule has 7 rings (SSSR count). The maximum Gasteiger partial charge on any atom is 0.134 e. The van der Waals surface area contributed by atoms with Crippen LogP contribution in [-0.4, -0.2) is 9.97 Å². The number of hydrogen-bond acceptors (Lipinski definition) is 3. The van der Waals surface area contributed by atoms with Gasteiger partial charge in [0.05, 0.1) is 0 Å². The fraction of sp³-hybridized carbons (Fsp3) is 0.273. The van der Waals surface area contributed by atoms with E-state index in [9.17, 15) is 0 Å². The fourth-order valence-corrected chi connectivity index (χ4v) is 5.94. The van der Waals surface area contributed by atoms with Crippen LogP contribution in [0.25, 0.3) is 55.2 Å². The van der Waals surface area contributed by atoms with Gasteiger partial charge in [-0.05, 0) is 66.8 Å². The fourth-order valence-electron chi connectivity index (χ4n) is 5.94. The van der Waals surface area contributed by atoms with Crippen molar-refractivity contribution in [1.82, 2.24) is 9.97 Å². The molecule has 3 aromatic heterocycles. The first-order chi connectivity index (χ1) is 26.0. The van der Waals surface area contributed by atoms with Gasteiger partial charge in [0.15, 0.2) is 0 Å². The normalized spacial score (nSPS) is 15.1. The van der Waals surface area contributed by atoms with E-state index >= 15 is 0 Å². The molecule has 0 aliphatic heterocycles. The average molecular weight is 818 g/mol. The van der Waals surface area contributed by atoms with Crippen molar-refractivity contribution in [3.05, 3.63) is 131 Å². The molecular formula is C44H44IrN2O-2. The van der Waals surface area contributed by atoms with E-state index in [1.165, 1.54) is 40.8 Å². The van der Waals surface area contributed by atoms with Crippen LogP contribution in [0, 0.1) is 45.5 Å². The summed E-state index contributed by atoms with van der Waals surface area (Å²) in [5, 5.41) is 4.67. The quantitative estimate of drug-likeness (QED) is 0.166. The molecule has 0 fully saturated rings. The summed E-state index contributed by atoms with van der Waals surface area (Å²) < 4.78 is 73.4. The average Bonchev–Trinajstić information content (AvgIpc) is 3.49. The Labute approximate surface area is 311 Å². The molecule has 3 heterocycles. The summed E-state index contributed by atoms with van der Waals surface area (Å²) in [5.41, 5.74) is 7.45. The van der Waals surface area contributed by atoms with Gasteiger partial charge in [-0.1, -0.05) is 94.4 Å². The molecule has 4 aromatic carbocycles. The topological polar surface area (TPSA) is 38.9 Å². The van der Waals surface area contributed by atoms with Crippen LogP contribution in [0.2, 0.25) is 0 Å². The second-order valence-corrected chi connectivity index (χ2v) is 13.5. The third kappa shape index (κ3) is 7.31. The second kappa shape index (κ2) is 14.2. The summed E-state index contributed by atoms with van der Waals surface area (Å²) in [5.74, 6) is 0.610. The number of rotatable bonds is 4. The monoisotopic (exact) mass is 818 g/mol. The van der Waals surface area contributed by atoms with Crippen LogP contribution in [-0.2, 0) is 31.9 Å². The molecule has 247 valence electrons. The van der Waals surface area contributed by atoms with Crippen LogP contribution in [0.15, 0.2) is 89.6 Å². The zero-order valence-corrected chi connectivity index (χ0v) is 30.4. The summed E-state index contributed by atoms with van der Waals surface area (Å²) in [6.07, 6.45) is 4.04. The molecular weight excluding hydrogens is 765 g/mol. The Hall–Kier alpha value is -4.11. The number of aromatic nitrogens is 2. The molecule has 0 amide bonds. The number of fused-ring (bicyclic) bond motifs is 4. The minimum atomic E-state index is -2.61. The Morgan fingerprint density at radius 3 is 2.33 bits per heavy atom. The number of nitrogens with zero attached hydrogens (tertiary/aromatic N) is 2. The summed E-state index contributed by atoms with van der Waals surface area (Å²) >= 11 is 0. The smallest absolute Gasteiger partial charge is 0.134 e. The number of hydrogen-bond donors (Lipinski definition) is 0. The predicted octanol–water partition coefficient (Wildman–Crippen LogP) is 11.9. The molecule has 0 saturated heterocycles. The van der Waals surface area contributed by atoms with Crippen molar-refractivity contribution in [1.29, 1.82) is 0 Å². The molecule has 0 aliphatic rings. The maximum atomic E-state index is 7.54. The van der Waals surface area contributed by atoms with E-state index < -0.39 is 20.6 Å². The van der Waals surface area contributed by atoms with Crippen LogP contribution in [0.3, 0.4) is 0 Å². The van der Waals surface area contributed by atoms with Gasteiger partial charge in [0.1, 0.15) is 11.2 Å². The molecule has 3 nitrogen and oxygen atoms in total. The minimum Gasteiger partial charge on any atom is -0.462 e. The van der Waals surface area contributed by atoms with Crippen molar-refractivity contribution < 1.29 is 36.9 Å². The second-order valence-electron chi connectivity index (χ2n) is 13.5. The zero-order valence-electron chi connectivity index (χ0n) is 37.0. The standard InChI is InChI=1S/C30H30NO.C14H14N.Ir/c1-18(2)13-20-11-12-24-26(14-20)32-29-27(24)19(3)17-31-28(29)22-15-21-9-7-8-10-23(21)25(16-22)30(4,5)6;1-10-4-6-13(7-5-10)14-8-11(2)12(3)9-15-14;/h7-12,14,16-18H,13H2,1-6H3;4-6,8-9H,1-3H3;/q2*-1;/i;1D3,2D3,3D3;. The first-order valence-electron chi connectivity index (χ1n) is 20.3. The van der Waals surface area contributed by atoms with Crippen molar-refractivity contribution in [3.8, 4) is 22.5 Å². The maximum absolute atomic E-state index is 7.54. The van der Waals surface area contributed by atoms with Crippen molar-refractivity contribution in [3.63, 3.8) is 0 Å². The summed E-state index contributed by atoms with van der Waals surface area (Å²) in [6.45, 7) is 5.91. The molecule has 0 aliphatic carbocycles. The molecule has 7 aromatic rings. The molecule has 0 unspecified atom stereocenters. The number of furan rings is 1. The molecule has 0 bridgehead atoms. The predicted molar refractivity (Wildman–Crippen MR) is 198 cm³/mol. The molecule has 0 N–H and O–H groups in total. The van der Waals surface area contributed by atoms with Gasteiger partial charge in [0.2, 0.25) is 0 Å². The Morgan fingerprint density at radius 2 is 1.62 bits per heavy atom. The number of benzene rings is 4. The van der Waals surface area contributed by atoms with Gasteiger partial charge in [-0.15, -0.1) is 64.5 Å². The SMILES string of the molecule is Cc1cnc(-c2[c-]c3ccccc3c(C(C)(C)C)c2)c2oc3cc(CC(C)C)ccc3c12.[2H]C([2H])([2H])c1c[c-]c(-c2cc(C([2H])([2H])[2H])c(C([2H])([2H])[2H])cn2)cc1.[Ir]. The largest absolute Gasteiger partial charge is 0.462 e. The molecule has 1 radical (unpaired) electrons. The van der Waals surface area contributed by atoms with E-state index in [4.69, 9.17) is 21.7 Å². The number of pyridine rings is 2. The Kier molecular flexibility index (Phi) is 7.36. The van der Waals surface area contributed by atoms with E-state index in [1.54, 1.807) is 0 Å². The van der Waals surface area contributed by atoms with Crippen LogP contribution < -0.4 is 0 Å². The van der Waals surface area contributed by atoms with Crippen LogP contribution in [0.1, 0.15) is 80.3 Å². The molecule has 4 heteroatoms. The number of aryl methyl sites for hydroxylation is 4. The van der Waals surface area contributed by atoms with E-state index in [2.05, 4.69) is 107 Å². The van der Waals surface area contributed by atoms with E-state index in [0.717, 1.165) is 56.8 Å². The summed E-state index contributed by atoms with van der Waals surface area (Å²) in [7, 11) is 0. The zero-order chi connectivity index (χ0) is 41.0. The van der Waals surface area contributed by atoms with Crippen molar-refractivity contribution >= 4 is 32.7 Å². The molecule has 48 heavy (non-hydrogen) atoms. The van der Waals surface area contributed by atoms with Gasteiger partial charge in [-0.3, -0.25) is 4.98 Å². The molecule has 0 atom stereocenters. The molecule has 0 saturated carbocycles. The first kappa shape index (κ1) is 24.9. The van der Waals surface area contributed by atoms with Crippen LogP contribution in [0.4, 0.5) is 0 Å². The third-order valence-electron chi connectivity index (χ3n) is 8.23. The van der Waals surface area contributed by atoms with Crippen molar-refractivity contribution in [2.75, 3.05) is 0 Å². The van der Waals surface area contributed by atoms with Crippen molar-refractivity contribution in [2.24, 2.45) is 5.92 Å². The van der Waals surface area contributed by atoms with Gasteiger partial charge >= 0.3 is 0 Å². The third-order valence-corrected chi connectivity index (χ3v) is 8.23. The van der Waals surface area contributed by atoms with Gasteiger partial charge in [0.25, 0.3) is 0 Å².